The number of alkyl halides is 3. The maximum Gasteiger partial charge on any atom is 0.416 e. The van der Waals surface area contributed by atoms with Gasteiger partial charge in [0.1, 0.15) is 0 Å². The van der Waals surface area contributed by atoms with Crippen molar-refractivity contribution in [1.82, 2.24) is 0 Å². The van der Waals surface area contributed by atoms with Crippen LogP contribution in [0.4, 0.5) is 13.2 Å². The van der Waals surface area contributed by atoms with Crippen LogP contribution in [-0.2, 0) is 12.6 Å². The summed E-state index contributed by atoms with van der Waals surface area (Å²) in [6.45, 7) is 0. The number of hydrogen-bond donors (Lipinski definition) is 0. The minimum absolute atomic E-state index is 0.556. The van der Waals surface area contributed by atoms with Gasteiger partial charge in [-0.05, 0) is 92.7 Å². The smallest absolute Gasteiger partial charge is 0.193 e. The molecule has 2 aliphatic carbocycles. The zero-order chi connectivity index (χ0) is 22.8. The average Bonchev–Trinajstić information content (AvgIpc) is 2.80. The van der Waals surface area contributed by atoms with Crippen molar-refractivity contribution >= 4 is 0 Å². The van der Waals surface area contributed by atoms with Gasteiger partial charge >= 0.3 is 6.18 Å². The Morgan fingerprint density at radius 3 is 1.91 bits per heavy atom. The Morgan fingerprint density at radius 1 is 0.812 bits per heavy atom. The number of nitrogens with zero attached hydrogens (tertiary/aromatic N) is 1. The Morgan fingerprint density at radius 2 is 1.38 bits per heavy atom. The van der Waals surface area contributed by atoms with Gasteiger partial charge in [0.15, 0.2) is 0 Å². The highest BCUT2D eigenvalue weighted by Crippen LogP contribution is 2.43. The van der Waals surface area contributed by atoms with E-state index in [0.29, 0.717) is 0 Å². The van der Waals surface area contributed by atoms with E-state index < -0.39 is 11.7 Å². The van der Waals surface area contributed by atoms with Crippen molar-refractivity contribution in [2.45, 2.75) is 96.1 Å². The summed E-state index contributed by atoms with van der Waals surface area (Å²) in [6, 6.07) is 7.74. The summed E-state index contributed by atoms with van der Waals surface area (Å²) in [6.07, 6.45) is 17.1. The van der Waals surface area contributed by atoms with Gasteiger partial charge in [0, 0.05) is 6.08 Å². The van der Waals surface area contributed by atoms with Gasteiger partial charge in [0.25, 0.3) is 0 Å². The first-order valence-electron chi connectivity index (χ1n) is 12.7. The number of benzene rings is 1. The fraction of sp³-hybridized carbons (Fsp3) is 0.679. The molecule has 0 aliphatic heterocycles. The lowest BCUT2D eigenvalue weighted by Gasteiger charge is -2.38. The highest BCUT2D eigenvalue weighted by Gasteiger charge is 2.31. The number of rotatable bonds is 9. The Balaban J connectivity index is 1.26. The van der Waals surface area contributed by atoms with E-state index in [-0.39, 0.29) is 0 Å². The highest BCUT2D eigenvalue weighted by atomic mass is 19.4. The van der Waals surface area contributed by atoms with E-state index in [2.05, 4.69) is 6.07 Å². The molecule has 0 atom stereocenters. The topological polar surface area (TPSA) is 23.8 Å². The van der Waals surface area contributed by atoms with Crippen molar-refractivity contribution < 1.29 is 13.2 Å². The van der Waals surface area contributed by atoms with E-state index >= 15 is 0 Å². The Bertz CT molecular complexity index is 727. The second kappa shape index (κ2) is 12.5. The van der Waals surface area contributed by atoms with Gasteiger partial charge in [-0.3, -0.25) is 0 Å². The van der Waals surface area contributed by atoms with Gasteiger partial charge in [-0.2, -0.15) is 18.4 Å². The number of nitriles is 1. The fourth-order valence-electron chi connectivity index (χ4n) is 5.99. The number of allylic oxidation sites excluding steroid dienone is 2. The van der Waals surface area contributed by atoms with Gasteiger partial charge in [-0.1, -0.05) is 56.7 Å². The third kappa shape index (κ3) is 7.98. The Kier molecular flexibility index (Phi) is 9.69. The molecule has 2 fully saturated rings. The van der Waals surface area contributed by atoms with Crippen molar-refractivity contribution in [1.29, 1.82) is 5.26 Å². The largest absolute Gasteiger partial charge is 0.416 e. The Labute approximate surface area is 192 Å². The van der Waals surface area contributed by atoms with Crippen molar-refractivity contribution in [3.63, 3.8) is 0 Å². The van der Waals surface area contributed by atoms with Crippen molar-refractivity contribution in [2.75, 3.05) is 0 Å². The van der Waals surface area contributed by atoms with Gasteiger partial charge in [-0.15, -0.1) is 0 Å². The maximum absolute atomic E-state index is 12.7. The summed E-state index contributed by atoms with van der Waals surface area (Å²) in [5, 5.41) is 8.57. The van der Waals surface area contributed by atoms with E-state index in [1.54, 1.807) is 18.2 Å². The fourth-order valence-corrected chi connectivity index (χ4v) is 5.99. The third-order valence-corrected chi connectivity index (χ3v) is 7.99. The van der Waals surface area contributed by atoms with Crippen LogP contribution in [0.5, 0.6) is 0 Å². The van der Waals surface area contributed by atoms with Gasteiger partial charge in [0.05, 0.1) is 11.6 Å². The van der Waals surface area contributed by atoms with Gasteiger partial charge in [0.2, 0.25) is 0 Å². The van der Waals surface area contributed by atoms with Crippen molar-refractivity contribution in [3.8, 4) is 6.07 Å². The lowest BCUT2D eigenvalue weighted by Crippen LogP contribution is -2.25. The first kappa shape index (κ1) is 24.9. The molecule has 3 rings (SSSR count). The summed E-state index contributed by atoms with van der Waals surface area (Å²) in [5.41, 5.74) is 0.456. The van der Waals surface area contributed by atoms with Crippen LogP contribution in [-0.4, -0.2) is 0 Å². The van der Waals surface area contributed by atoms with Crippen molar-refractivity contribution in [3.05, 3.63) is 47.5 Å². The minimum Gasteiger partial charge on any atom is -0.193 e. The maximum atomic E-state index is 12.7. The van der Waals surface area contributed by atoms with Crippen LogP contribution >= 0.6 is 0 Å². The van der Waals surface area contributed by atoms with Gasteiger partial charge < -0.3 is 0 Å². The molecule has 0 heterocycles. The lowest BCUT2D eigenvalue weighted by molar-refractivity contribution is -0.137. The second-order valence-electron chi connectivity index (χ2n) is 10.1. The normalized spacial score (nSPS) is 26.8. The molecule has 0 unspecified atom stereocenters. The molecule has 0 N–H and O–H groups in total. The summed E-state index contributed by atoms with van der Waals surface area (Å²) < 4.78 is 38.0. The summed E-state index contributed by atoms with van der Waals surface area (Å²) in [4.78, 5) is 0. The van der Waals surface area contributed by atoms with E-state index in [1.165, 1.54) is 82.8 Å². The molecule has 176 valence electrons. The molecule has 1 nitrogen and oxygen atoms in total. The number of hydrogen-bond acceptors (Lipinski definition) is 1. The highest BCUT2D eigenvalue weighted by molar-refractivity contribution is 5.24. The van der Waals surface area contributed by atoms with Crippen LogP contribution in [0.1, 0.15) is 94.6 Å². The average molecular weight is 446 g/mol. The van der Waals surface area contributed by atoms with Crippen LogP contribution in [0.3, 0.4) is 0 Å². The first-order chi connectivity index (χ1) is 15.5. The zero-order valence-corrected chi connectivity index (χ0v) is 19.3. The number of aryl methyl sites for hydroxylation is 1. The molecule has 0 amide bonds. The molecule has 0 radical (unpaired) electrons. The number of halogens is 3. The Hall–Kier alpha value is -1.76. The molecule has 2 saturated carbocycles. The number of unbranched alkanes of at least 4 members (excludes halogenated alkanes) is 1. The molecular weight excluding hydrogens is 407 g/mol. The summed E-state index contributed by atoms with van der Waals surface area (Å²) in [7, 11) is 0. The van der Waals surface area contributed by atoms with Crippen LogP contribution < -0.4 is 0 Å². The molecule has 0 saturated heterocycles. The molecule has 4 heteroatoms. The molecular formula is C28H38F3N. The van der Waals surface area contributed by atoms with Crippen molar-refractivity contribution in [2.24, 2.45) is 23.7 Å². The summed E-state index contributed by atoms with van der Waals surface area (Å²) >= 11 is 0. The molecule has 0 aromatic heterocycles. The van der Waals surface area contributed by atoms with Gasteiger partial charge in [-0.25, -0.2) is 0 Å². The monoisotopic (exact) mass is 445 g/mol. The van der Waals surface area contributed by atoms with Crippen LogP contribution in [0.2, 0.25) is 0 Å². The first-order valence-corrected chi connectivity index (χ1v) is 12.7. The van der Waals surface area contributed by atoms with E-state index in [0.717, 1.165) is 48.5 Å². The van der Waals surface area contributed by atoms with E-state index in [4.69, 9.17) is 5.26 Å². The predicted molar refractivity (Wildman–Crippen MR) is 124 cm³/mol. The quantitative estimate of drug-likeness (QED) is 0.275. The SMILES string of the molecule is N#CC=CCCC1CCC(C2CCC(CCCCc3ccc(C(F)(F)F)cc3)CC2)CC1. The van der Waals surface area contributed by atoms with E-state index in [9.17, 15) is 13.2 Å². The van der Waals surface area contributed by atoms with Crippen LogP contribution in [0.25, 0.3) is 0 Å². The standard InChI is InChI=1S/C28H38F3N/c29-28(30,31)27-19-13-24(14-20-27)8-4-3-7-23-11-17-26(18-12-23)25-15-9-22(10-16-25)6-2-1-5-21-32/h1,5,13-14,19-20,22-23,25-26H,2-4,6-12,15-18H2. The summed E-state index contributed by atoms with van der Waals surface area (Å²) in [5.74, 6) is 3.57. The third-order valence-electron chi connectivity index (χ3n) is 7.99. The predicted octanol–water partition coefficient (Wildman–Crippen LogP) is 8.89. The molecule has 1 aromatic carbocycles. The van der Waals surface area contributed by atoms with Crippen LogP contribution in [0.15, 0.2) is 36.4 Å². The molecule has 0 bridgehead atoms. The molecule has 32 heavy (non-hydrogen) atoms. The van der Waals surface area contributed by atoms with Crippen LogP contribution in [0, 0.1) is 35.0 Å². The zero-order valence-electron chi connectivity index (χ0n) is 19.3. The second-order valence-corrected chi connectivity index (χ2v) is 10.1. The lowest BCUT2D eigenvalue weighted by atomic mass is 9.68. The molecule has 0 spiro atoms. The molecule has 1 aromatic rings. The molecule has 2 aliphatic rings. The minimum atomic E-state index is -4.24. The van der Waals surface area contributed by atoms with E-state index in [1.807, 2.05) is 6.08 Å².